The van der Waals surface area contributed by atoms with Gasteiger partial charge in [0.15, 0.2) is 0 Å². The van der Waals surface area contributed by atoms with Gasteiger partial charge in [-0.05, 0) is 36.8 Å². The van der Waals surface area contributed by atoms with Crippen LogP contribution in [0.1, 0.15) is 11.1 Å². The molecule has 0 saturated heterocycles. The molecule has 4 heteroatoms. The second kappa shape index (κ2) is 8.49. The van der Waals surface area contributed by atoms with Crippen LogP contribution in [-0.2, 0) is 11.2 Å². The average Bonchev–Trinajstić information content (AvgIpc) is 2.54. The molecule has 1 N–H and O–H groups in total. The fourth-order valence-electron chi connectivity index (χ4n) is 1.99. The summed E-state index contributed by atoms with van der Waals surface area (Å²) in [5, 5.41) is 2.95. The van der Waals surface area contributed by atoms with E-state index in [0.29, 0.717) is 13.0 Å². The van der Waals surface area contributed by atoms with Crippen LogP contribution in [0.4, 0.5) is 0 Å². The van der Waals surface area contributed by atoms with E-state index < -0.39 is 0 Å². The van der Waals surface area contributed by atoms with Crippen molar-refractivity contribution in [2.75, 3.05) is 19.4 Å². The van der Waals surface area contributed by atoms with Crippen LogP contribution in [0, 0.1) is 6.92 Å². The lowest BCUT2D eigenvalue weighted by molar-refractivity contribution is -0.120. The molecule has 0 aromatic heterocycles. The van der Waals surface area contributed by atoms with Gasteiger partial charge in [0.25, 0.3) is 0 Å². The molecule has 0 spiro atoms. The van der Waals surface area contributed by atoms with E-state index in [9.17, 15) is 4.79 Å². The fraction of sp³-hybridized carbons (Fsp3) is 0.278. The minimum absolute atomic E-state index is 0.0506. The first-order chi connectivity index (χ1) is 10.7. The van der Waals surface area contributed by atoms with E-state index in [1.807, 2.05) is 24.3 Å². The summed E-state index contributed by atoms with van der Waals surface area (Å²) in [6, 6.07) is 16.0. The third-order valence-electron chi connectivity index (χ3n) is 3.24. The smallest absolute Gasteiger partial charge is 0.224 e. The van der Waals surface area contributed by atoms with E-state index in [0.717, 1.165) is 17.1 Å². The number of aryl methyl sites for hydroxylation is 1. The minimum atomic E-state index is 0.0506. The highest BCUT2D eigenvalue weighted by Crippen LogP contribution is 2.17. The first-order valence-electron chi connectivity index (χ1n) is 7.26. The van der Waals surface area contributed by atoms with Crippen molar-refractivity contribution < 1.29 is 9.53 Å². The molecular weight excluding hydrogens is 294 g/mol. The third-order valence-corrected chi connectivity index (χ3v) is 4.25. The lowest BCUT2D eigenvalue weighted by Crippen LogP contribution is -2.27. The molecule has 0 radical (unpaired) electrons. The van der Waals surface area contributed by atoms with Crippen molar-refractivity contribution in [2.45, 2.75) is 18.2 Å². The quantitative estimate of drug-likeness (QED) is 0.628. The number of carbonyl (C=O) groups excluding carboxylic acids is 1. The van der Waals surface area contributed by atoms with Crippen LogP contribution in [0.3, 0.4) is 0 Å². The molecule has 0 aliphatic heterocycles. The summed E-state index contributed by atoms with van der Waals surface area (Å²) in [4.78, 5) is 13.1. The Bertz CT molecular complexity index is 593. The molecule has 0 heterocycles. The molecule has 0 fully saturated rings. The summed E-state index contributed by atoms with van der Waals surface area (Å²) in [5.41, 5.74) is 2.25. The maximum Gasteiger partial charge on any atom is 0.224 e. The summed E-state index contributed by atoms with van der Waals surface area (Å²) >= 11 is 1.75. The third kappa shape index (κ3) is 5.45. The van der Waals surface area contributed by atoms with Crippen molar-refractivity contribution >= 4 is 17.7 Å². The van der Waals surface area contributed by atoms with E-state index in [-0.39, 0.29) is 5.91 Å². The zero-order valence-corrected chi connectivity index (χ0v) is 13.8. The normalized spacial score (nSPS) is 10.3. The molecule has 0 bridgehead atoms. The van der Waals surface area contributed by atoms with Gasteiger partial charge in [-0.3, -0.25) is 4.79 Å². The molecule has 2 rings (SSSR count). The van der Waals surface area contributed by atoms with Crippen LogP contribution in [0.5, 0.6) is 5.75 Å². The van der Waals surface area contributed by atoms with Gasteiger partial charge in [-0.1, -0.05) is 29.8 Å². The molecule has 116 valence electrons. The minimum Gasteiger partial charge on any atom is -0.497 e. The van der Waals surface area contributed by atoms with Crippen molar-refractivity contribution in [1.82, 2.24) is 5.32 Å². The predicted molar refractivity (Wildman–Crippen MR) is 91.6 cm³/mol. The highest BCUT2D eigenvalue weighted by Gasteiger charge is 2.03. The lowest BCUT2D eigenvalue weighted by Gasteiger charge is -2.06. The number of hydrogen-bond donors (Lipinski definition) is 1. The molecule has 0 aliphatic carbocycles. The Labute approximate surface area is 136 Å². The van der Waals surface area contributed by atoms with E-state index in [1.54, 1.807) is 18.9 Å². The van der Waals surface area contributed by atoms with Gasteiger partial charge in [0.1, 0.15) is 5.75 Å². The number of benzene rings is 2. The van der Waals surface area contributed by atoms with E-state index in [4.69, 9.17) is 4.74 Å². The second-order valence-corrected chi connectivity index (χ2v) is 6.20. The number of rotatable bonds is 7. The number of carbonyl (C=O) groups is 1. The standard InChI is InChI=1S/C18H21NO2S/c1-14-3-9-17(10-4-14)22-12-11-19-18(20)13-15-5-7-16(21-2)8-6-15/h3-10H,11-13H2,1-2H3,(H,19,20). The Kier molecular flexibility index (Phi) is 6.34. The average molecular weight is 315 g/mol. The molecular formula is C18H21NO2S. The molecule has 3 nitrogen and oxygen atoms in total. The van der Waals surface area contributed by atoms with Crippen LogP contribution in [0.2, 0.25) is 0 Å². The summed E-state index contributed by atoms with van der Waals surface area (Å²) in [6.45, 7) is 2.75. The van der Waals surface area contributed by atoms with Crippen LogP contribution >= 0.6 is 11.8 Å². The van der Waals surface area contributed by atoms with Gasteiger partial charge in [0.05, 0.1) is 13.5 Å². The van der Waals surface area contributed by atoms with Crippen LogP contribution < -0.4 is 10.1 Å². The molecule has 0 saturated carbocycles. The van der Waals surface area contributed by atoms with E-state index in [2.05, 4.69) is 36.5 Å². The maximum atomic E-state index is 11.9. The number of hydrogen-bond acceptors (Lipinski definition) is 3. The monoisotopic (exact) mass is 315 g/mol. The van der Waals surface area contributed by atoms with Gasteiger partial charge in [-0.15, -0.1) is 11.8 Å². The summed E-state index contributed by atoms with van der Waals surface area (Å²) in [6.07, 6.45) is 0.402. The Morgan fingerprint density at radius 1 is 1.09 bits per heavy atom. The van der Waals surface area contributed by atoms with Gasteiger partial charge in [-0.25, -0.2) is 0 Å². The summed E-state index contributed by atoms with van der Waals surface area (Å²) < 4.78 is 5.10. The molecule has 1 amide bonds. The molecule has 2 aromatic carbocycles. The van der Waals surface area contributed by atoms with Crippen LogP contribution in [-0.4, -0.2) is 25.3 Å². The van der Waals surface area contributed by atoms with Gasteiger partial charge >= 0.3 is 0 Å². The molecule has 0 unspecified atom stereocenters. The lowest BCUT2D eigenvalue weighted by atomic mass is 10.1. The van der Waals surface area contributed by atoms with Gasteiger partial charge < -0.3 is 10.1 Å². The van der Waals surface area contributed by atoms with Crippen molar-refractivity contribution in [1.29, 1.82) is 0 Å². The highest BCUT2D eigenvalue weighted by atomic mass is 32.2. The first-order valence-corrected chi connectivity index (χ1v) is 8.25. The second-order valence-electron chi connectivity index (χ2n) is 5.04. The molecule has 22 heavy (non-hydrogen) atoms. The van der Waals surface area contributed by atoms with Crippen LogP contribution in [0.25, 0.3) is 0 Å². The van der Waals surface area contributed by atoms with Crippen molar-refractivity contribution in [3.63, 3.8) is 0 Å². The number of amides is 1. The van der Waals surface area contributed by atoms with E-state index in [1.165, 1.54) is 10.5 Å². The zero-order valence-electron chi connectivity index (χ0n) is 13.0. The van der Waals surface area contributed by atoms with Crippen molar-refractivity contribution in [3.8, 4) is 5.75 Å². The first kappa shape index (κ1) is 16.4. The Morgan fingerprint density at radius 2 is 1.77 bits per heavy atom. The van der Waals surface area contributed by atoms with Gasteiger partial charge in [0.2, 0.25) is 5.91 Å². The molecule has 2 aromatic rings. The summed E-state index contributed by atoms with van der Waals surface area (Å²) in [7, 11) is 1.63. The molecule has 0 aliphatic rings. The number of thioether (sulfide) groups is 1. The Balaban J connectivity index is 1.67. The highest BCUT2D eigenvalue weighted by molar-refractivity contribution is 7.99. The van der Waals surface area contributed by atoms with Crippen LogP contribution in [0.15, 0.2) is 53.4 Å². The largest absolute Gasteiger partial charge is 0.497 e. The fourth-order valence-corrected chi connectivity index (χ4v) is 2.75. The molecule has 0 atom stereocenters. The predicted octanol–water partition coefficient (Wildman–Crippen LogP) is 3.45. The summed E-state index contributed by atoms with van der Waals surface area (Å²) in [5.74, 6) is 1.73. The SMILES string of the molecule is COc1ccc(CC(=O)NCCSc2ccc(C)cc2)cc1. The van der Waals surface area contributed by atoms with Crippen molar-refractivity contribution in [3.05, 3.63) is 59.7 Å². The topological polar surface area (TPSA) is 38.3 Å². The van der Waals surface area contributed by atoms with Crippen molar-refractivity contribution in [2.24, 2.45) is 0 Å². The Morgan fingerprint density at radius 3 is 2.41 bits per heavy atom. The maximum absolute atomic E-state index is 11.9. The van der Waals surface area contributed by atoms with Gasteiger partial charge in [0, 0.05) is 17.2 Å². The van der Waals surface area contributed by atoms with E-state index >= 15 is 0 Å². The number of nitrogens with one attached hydrogen (secondary N) is 1. The number of methoxy groups -OCH3 is 1. The zero-order chi connectivity index (χ0) is 15.8. The number of ether oxygens (including phenoxy) is 1. The van der Waals surface area contributed by atoms with Gasteiger partial charge in [-0.2, -0.15) is 0 Å². The Hall–Kier alpha value is -1.94.